The number of likely N-dealkylation sites (tertiary alicyclic amines) is 1. The number of rotatable bonds is 5. The Kier molecular flexibility index (Phi) is 5.90. The summed E-state index contributed by atoms with van der Waals surface area (Å²) in [5.74, 6) is 0.0873. The number of fused-ring (bicyclic) bond motifs is 1. The minimum absolute atomic E-state index is 0.0873. The molecule has 1 aromatic carbocycles. The van der Waals surface area contributed by atoms with Crippen LogP contribution in [0, 0.1) is 0 Å². The largest absolute Gasteiger partial charge is 0.382 e. The summed E-state index contributed by atoms with van der Waals surface area (Å²) >= 11 is 0. The number of aromatic nitrogens is 1. The van der Waals surface area contributed by atoms with Gasteiger partial charge in [-0.2, -0.15) is 0 Å². The van der Waals surface area contributed by atoms with Crippen LogP contribution in [0.4, 0.5) is 0 Å². The Morgan fingerprint density at radius 2 is 2.14 bits per heavy atom. The van der Waals surface area contributed by atoms with Crippen LogP contribution in [-0.2, 0) is 14.2 Å². The van der Waals surface area contributed by atoms with Crippen LogP contribution in [0.25, 0.3) is 10.9 Å². The number of ether oxygens (including phenoxy) is 3. The number of carbonyl (C=O) groups is 1. The van der Waals surface area contributed by atoms with Crippen molar-refractivity contribution in [1.82, 2.24) is 9.88 Å². The molecule has 2 fully saturated rings. The number of hydrogen-bond donors (Lipinski definition) is 0. The fourth-order valence-corrected chi connectivity index (χ4v) is 4.28. The summed E-state index contributed by atoms with van der Waals surface area (Å²) in [7, 11) is 1.69. The van der Waals surface area contributed by atoms with Crippen molar-refractivity contribution in [3.8, 4) is 0 Å². The summed E-state index contributed by atoms with van der Waals surface area (Å²) in [6.07, 6.45) is 5.54. The van der Waals surface area contributed by atoms with Crippen LogP contribution in [-0.4, -0.2) is 67.5 Å². The zero-order valence-electron chi connectivity index (χ0n) is 16.4. The second-order valence-corrected chi connectivity index (χ2v) is 7.71. The van der Waals surface area contributed by atoms with Gasteiger partial charge in [-0.25, -0.2) is 0 Å². The molecule has 28 heavy (non-hydrogen) atoms. The molecule has 6 nitrogen and oxygen atoms in total. The van der Waals surface area contributed by atoms with Gasteiger partial charge in [0.05, 0.1) is 30.4 Å². The monoisotopic (exact) mass is 384 g/mol. The molecule has 6 heteroatoms. The Labute approximate surface area is 165 Å². The van der Waals surface area contributed by atoms with E-state index in [2.05, 4.69) is 4.98 Å². The lowest BCUT2D eigenvalue weighted by Gasteiger charge is -2.46. The summed E-state index contributed by atoms with van der Waals surface area (Å²) in [4.78, 5) is 19.2. The predicted molar refractivity (Wildman–Crippen MR) is 106 cm³/mol. The van der Waals surface area contributed by atoms with E-state index in [1.54, 1.807) is 13.3 Å². The van der Waals surface area contributed by atoms with Crippen molar-refractivity contribution in [1.29, 1.82) is 0 Å². The molecule has 2 aromatic rings. The number of methoxy groups -OCH3 is 1. The van der Waals surface area contributed by atoms with Crippen molar-refractivity contribution in [3.05, 3.63) is 42.1 Å². The first-order valence-electron chi connectivity index (χ1n) is 10.1. The van der Waals surface area contributed by atoms with Crippen LogP contribution in [0.1, 0.15) is 36.0 Å². The summed E-state index contributed by atoms with van der Waals surface area (Å²) in [5, 5.41) is 0.994. The van der Waals surface area contributed by atoms with Gasteiger partial charge in [0.15, 0.2) is 0 Å². The van der Waals surface area contributed by atoms with E-state index in [-0.39, 0.29) is 17.6 Å². The number of benzene rings is 1. The number of hydrogen-bond acceptors (Lipinski definition) is 5. The molecule has 1 unspecified atom stereocenters. The maximum atomic E-state index is 13.0. The van der Waals surface area contributed by atoms with Crippen molar-refractivity contribution in [2.24, 2.45) is 0 Å². The Bertz CT molecular complexity index is 817. The lowest BCUT2D eigenvalue weighted by Crippen LogP contribution is -2.52. The summed E-state index contributed by atoms with van der Waals surface area (Å²) in [6, 6.07) is 9.61. The van der Waals surface area contributed by atoms with E-state index >= 15 is 0 Å². The summed E-state index contributed by atoms with van der Waals surface area (Å²) < 4.78 is 17.2. The normalized spacial score (nSPS) is 21.9. The van der Waals surface area contributed by atoms with Crippen LogP contribution in [0.5, 0.6) is 0 Å². The first-order valence-corrected chi connectivity index (χ1v) is 10.1. The predicted octanol–water partition coefficient (Wildman–Crippen LogP) is 3.05. The molecular weight excluding hydrogens is 356 g/mol. The minimum Gasteiger partial charge on any atom is -0.382 e. The number of carbonyl (C=O) groups excluding carboxylic acids is 1. The van der Waals surface area contributed by atoms with Crippen LogP contribution >= 0.6 is 0 Å². The van der Waals surface area contributed by atoms with E-state index in [1.165, 1.54) is 0 Å². The fraction of sp³-hybridized carbons (Fsp3) is 0.545. The van der Waals surface area contributed by atoms with Crippen molar-refractivity contribution in [2.75, 3.05) is 40.0 Å². The van der Waals surface area contributed by atoms with Crippen LogP contribution < -0.4 is 0 Å². The van der Waals surface area contributed by atoms with Crippen molar-refractivity contribution >= 4 is 16.8 Å². The third-order valence-electron chi connectivity index (χ3n) is 5.90. The Hall–Kier alpha value is -2.02. The van der Waals surface area contributed by atoms with Gasteiger partial charge in [0.1, 0.15) is 0 Å². The first kappa shape index (κ1) is 19.3. The zero-order valence-corrected chi connectivity index (χ0v) is 16.4. The molecule has 0 bridgehead atoms. The highest BCUT2D eigenvalue weighted by atomic mass is 16.5. The molecule has 3 heterocycles. The lowest BCUT2D eigenvalue weighted by atomic mass is 9.83. The van der Waals surface area contributed by atoms with E-state index in [9.17, 15) is 4.79 Å². The standard InChI is InChI=1S/C22H28N2O4/c1-26-13-14-27-19-6-12-28-22(16-19)7-10-24(11-8-22)21(25)18-4-5-20-17(15-18)3-2-9-23-20/h2-5,9,15,19H,6-8,10-14,16H2,1H3. The van der Waals surface area contributed by atoms with Gasteiger partial charge in [-0.15, -0.1) is 0 Å². The van der Waals surface area contributed by atoms with Crippen molar-refractivity contribution < 1.29 is 19.0 Å². The van der Waals surface area contributed by atoms with E-state index in [0.29, 0.717) is 26.3 Å². The second-order valence-electron chi connectivity index (χ2n) is 7.71. The number of pyridine rings is 1. The van der Waals surface area contributed by atoms with Gasteiger partial charge in [0, 0.05) is 50.4 Å². The molecule has 0 radical (unpaired) electrons. The average molecular weight is 384 g/mol. The van der Waals surface area contributed by atoms with Crippen LogP contribution in [0.2, 0.25) is 0 Å². The highest BCUT2D eigenvalue weighted by Crippen LogP contribution is 2.36. The third-order valence-corrected chi connectivity index (χ3v) is 5.90. The molecule has 1 atom stereocenters. The van der Waals surface area contributed by atoms with Crippen molar-refractivity contribution in [2.45, 2.75) is 37.4 Å². The molecule has 0 aliphatic carbocycles. The Morgan fingerprint density at radius 3 is 2.96 bits per heavy atom. The first-order chi connectivity index (χ1) is 13.7. The molecule has 2 saturated heterocycles. The zero-order chi connectivity index (χ0) is 19.4. The molecule has 0 N–H and O–H groups in total. The van der Waals surface area contributed by atoms with Gasteiger partial charge in [0.25, 0.3) is 5.91 Å². The molecule has 1 aromatic heterocycles. The van der Waals surface area contributed by atoms with Gasteiger partial charge in [0.2, 0.25) is 0 Å². The topological polar surface area (TPSA) is 60.9 Å². The summed E-state index contributed by atoms with van der Waals surface area (Å²) in [5.41, 5.74) is 1.48. The van der Waals surface area contributed by atoms with E-state index in [4.69, 9.17) is 14.2 Å². The molecule has 150 valence electrons. The molecule has 0 saturated carbocycles. The maximum Gasteiger partial charge on any atom is 0.253 e. The number of piperidine rings is 1. The van der Waals surface area contributed by atoms with Crippen LogP contribution in [0.3, 0.4) is 0 Å². The van der Waals surface area contributed by atoms with Gasteiger partial charge in [-0.05, 0) is 43.5 Å². The molecular formula is C22H28N2O4. The molecule has 1 spiro atoms. The van der Waals surface area contributed by atoms with Gasteiger partial charge < -0.3 is 19.1 Å². The van der Waals surface area contributed by atoms with Crippen LogP contribution in [0.15, 0.2) is 36.5 Å². The molecule has 4 rings (SSSR count). The van der Waals surface area contributed by atoms with E-state index < -0.39 is 0 Å². The highest BCUT2D eigenvalue weighted by molar-refractivity contribution is 5.98. The molecule has 2 aliphatic heterocycles. The quantitative estimate of drug-likeness (QED) is 0.742. The summed E-state index contributed by atoms with van der Waals surface area (Å²) in [6.45, 7) is 3.40. The van der Waals surface area contributed by atoms with E-state index in [0.717, 1.165) is 48.8 Å². The SMILES string of the molecule is COCCOC1CCOC2(CCN(C(=O)c3ccc4ncccc4c3)CC2)C1. The minimum atomic E-state index is -0.153. The fourth-order valence-electron chi connectivity index (χ4n) is 4.28. The highest BCUT2D eigenvalue weighted by Gasteiger charge is 2.41. The Balaban J connectivity index is 1.37. The molecule has 2 aliphatic rings. The van der Waals surface area contributed by atoms with Gasteiger partial charge in [-0.3, -0.25) is 9.78 Å². The Morgan fingerprint density at radius 1 is 1.29 bits per heavy atom. The second kappa shape index (κ2) is 8.55. The average Bonchev–Trinajstić information content (AvgIpc) is 2.74. The maximum absolute atomic E-state index is 13.0. The lowest BCUT2D eigenvalue weighted by molar-refractivity contribution is -0.154. The van der Waals surface area contributed by atoms with Crippen molar-refractivity contribution in [3.63, 3.8) is 0 Å². The third kappa shape index (κ3) is 4.19. The number of nitrogens with zero attached hydrogens (tertiary/aromatic N) is 2. The smallest absolute Gasteiger partial charge is 0.253 e. The molecule has 1 amide bonds. The number of amides is 1. The van der Waals surface area contributed by atoms with Gasteiger partial charge >= 0.3 is 0 Å². The van der Waals surface area contributed by atoms with E-state index in [1.807, 2.05) is 35.2 Å². The van der Waals surface area contributed by atoms with Gasteiger partial charge in [-0.1, -0.05) is 6.07 Å².